The van der Waals surface area contributed by atoms with E-state index in [-0.39, 0.29) is 22.7 Å². The number of anilines is 2. The lowest BCUT2D eigenvalue weighted by molar-refractivity contribution is -0.123. The third-order valence-corrected chi connectivity index (χ3v) is 8.44. The number of nitrogens with zero attached hydrogens (tertiary/aromatic N) is 1. The molecule has 192 valence electrons. The summed E-state index contributed by atoms with van der Waals surface area (Å²) in [6, 6.07) is 17.1. The molecule has 2 aromatic carbocycles. The normalized spacial score (nSPS) is 17.8. The Labute approximate surface area is 220 Å². The number of carboxylic acid groups (broad SMARTS) is 1. The summed E-state index contributed by atoms with van der Waals surface area (Å²) in [7, 11) is 0. The first-order valence-electron chi connectivity index (χ1n) is 12.8. The lowest BCUT2D eigenvalue weighted by atomic mass is 9.82. The lowest BCUT2D eigenvalue weighted by Gasteiger charge is -2.33. The first kappa shape index (κ1) is 25.1. The van der Waals surface area contributed by atoms with Crippen molar-refractivity contribution in [1.29, 1.82) is 0 Å². The van der Waals surface area contributed by atoms with Crippen molar-refractivity contribution < 1.29 is 19.1 Å². The number of hydrogen-bond donors (Lipinski definition) is 2. The topological polar surface area (TPSA) is 96.8 Å². The minimum atomic E-state index is -1.01. The van der Waals surface area contributed by atoms with Crippen molar-refractivity contribution in [2.75, 3.05) is 10.6 Å². The Morgan fingerprint density at radius 2 is 1.68 bits per heavy atom. The van der Waals surface area contributed by atoms with E-state index in [2.05, 4.69) is 6.92 Å². The summed E-state index contributed by atoms with van der Waals surface area (Å²) in [4.78, 5) is 28.5. The minimum Gasteiger partial charge on any atom is -0.477 e. The van der Waals surface area contributed by atoms with Crippen LogP contribution in [-0.4, -0.2) is 23.0 Å². The van der Waals surface area contributed by atoms with E-state index in [1.807, 2.05) is 68.4 Å². The molecular formula is C30H32N2O4S. The quantitative estimate of drug-likeness (QED) is 0.256. The summed E-state index contributed by atoms with van der Waals surface area (Å²) in [5.74, 6) is 0.347. The van der Waals surface area contributed by atoms with Crippen molar-refractivity contribution >= 4 is 45.6 Å². The van der Waals surface area contributed by atoms with Crippen molar-refractivity contribution in [3.05, 3.63) is 59.5 Å². The number of hydrogen-bond acceptors (Lipinski definition) is 5. The van der Waals surface area contributed by atoms with Gasteiger partial charge in [0.2, 0.25) is 5.91 Å². The number of amides is 1. The summed E-state index contributed by atoms with van der Waals surface area (Å²) in [6.07, 6.45) is 3.79. The number of carboxylic acids is 1. The molecule has 0 spiro atoms. The van der Waals surface area contributed by atoms with E-state index in [0.717, 1.165) is 58.4 Å². The van der Waals surface area contributed by atoms with Crippen molar-refractivity contribution in [2.45, 2.75) is 52.5 Å². The van der Waals surface area contributed by atoms with Crippen LogP contribution in [0.5, 0.6) is 0 Å². The van der Waals surface area contributed by atoms with Gasteiger partial charge in [-0.05, 0) is 81.3 Å². The fourth-order valence-electron chi connectivity index (χ4n) is 5.21. The maximum absolute atomic E-state index is 13.6. The Morgan fingerprint density at radius 1 is 1.00 bits per heavy atom. The van der Waals surface area contributed by atoms with E-state index in [1.165, 1.54) is 11.3 Å². The maximum Gasteiger partial charge on any atom is 0.348 e. The number of nitrogens with two attached hydrogens (primary N) is 1. The molecule has 7 heteroatoms. The molecule has 0 atom stereocenters. The fourth-order valence-corrected chi connectivity index (χ4v) is 6.21. The molecule has 3 N–H and O–H groups in total. The molecule has 0 saturated heterocycles. The minimum absolute atomic E-state index is 0.0367. The first-order valence-corrected chi connectivity index (χ1v) is 13.6. The number of carbonyl (C=O) groups is 2. The molecule has 1 aliphatic rings. The molecule has 5 rings (SSSR count). The SMILES string of the molecule is CC1CCC(C(=O)N(c2cc(-c3ccc(-c4cc5cc(N)ccc5o4)cc3)sc2C(=O)O)C(C)C)CC1. The van der Waals surface area contributed by atoms with E-state index in [4.69, 9.17) is 10.2 Å². The number of rotatable bonds is 6. The largest absolute Gasteiger partial charge is 0.477 e. The smallest absolute Gasteiger partial charge is 0.348 e. The fraction of sp³-hybridized carbons (Fsp3) is 0.333. The van der Waals surface area contributed by atoms with E-state index in [0.29, 0.717) is 17.3 Å². The van der Waals surface area contributed by atoms with Crippen LogP contribution in [-0.2, 0) is 4.79 Å². The third kappa shape index (κ3) is 5.01. The second kappa shape index (κ2) is 10.1. The molecular weight excluding hydrogens is 484 g/mol. The molecule has 0 bridgehead atoms. The van der Waals surface area contributed by atoms with Crippen molar-refractivity contribution in [3.63, 3.8) is 0 Å². The zero-order chi connectivity index (χ0) is 26.3. The number of fused-ring (bicyclic) bond motifs is 1. The molecule has 1 saturated carbocycles. The Kier molecular flexibility index (Phi) is 6.82. The van der Waals surface area contributed by atoms with Crippen LogP contribution in [0.15, 0.2) is 59.0 Å². The van der Waals surface area contributed by atoms with E-state index in [1.54, 1.807) is 4.90 Å². The van der Waals surface area contributed by atoms with Crippen LogP contribution in [0.3, 0.4) is 0 Å². The average molecular weight is 517 g/mol. The summed E-state index contributed by atoms with van der Waals surface area (Å²) >= 11 is 1.21. The standard InChI is InChI=1S/C30H32N2O4S/c1-17(2)32(29(33)21-6-4-18(3)5-7-21)24-16-27(37-28(24)30(34)35)20-10-8-19(9-11-20)26-15-22-14-23(31)12-13-25(22)36-26/h8-18,21H,4-7,31H2,1-3H3,(H,34,35). The Morgan fingerprint density at radius 3 is 2.32 bits per heavy atom. The van der Waals surface area contributed by atoms with Crippen LogP contribution in [0.2, 0.25) is 0 Å². The highest BCUT2D eigenvalue weighted by Gasteiger charge is 2.33. The van der Waals surface area contributed by atoms with Crippen molar-refractivity contribution in [2.24, 2.45) is 11.8 Å². The molecule has 6 nitrogen and oxygen atoms in total. The average Bonchev–Trinajstić information content (AvgIpc) is 3.49. The molecule has 0 radical (unpaired) electrons. The second-order valence-corrected chi connectivity index (χ2v) is 11.4. The van der Waals surface area contributed by atoms with Crippen LogP contribution in [0.1, 0.15) is 56.1 Å². The van der Waals surface area contributed by atoms with E-state index in [9.17, 15) is 14.7 Å². The molecule has 0 aliphatic heterocycles. The van der Waals surface area contributed by atoms with Gasteiger partial charge in [0, 0.05) is 33.5 Å². The number of carbonyl (C=O) groups excluding carboxylic acids is 1. The van der Waals surface area contributed by atoms with Gasteiger partial charge in [0.05, 0.1) is 5.69 Å². The molecule has 4 aromatic rings. The second-order valence-electron chi connectivity index (χ2n) is 10.4. The van der Waals surface area contributed by atoms with Gasteiger partial charge < -0.3 is 20.2 Å². The highest BCUT2D eigenvalue weighted by Crippen LogP contribution is 2.40. The summed E-state index contributed by atoms with van der Waals surface area (Å²) in [6.45, 7) is 6.12. The van der Waals surface area contributed by atoms with Gasteiger partial charge in [0.15, 0.2) is 0 Å². The number of thiophene rings is 1. The van der Waals surface area contributed by atoms with E-state index < -0.39 is 5.97 Å². The lowest BCUT2D eigenvalue weighted by Crippen LogP contribution is -2.42. The molecule has 1 aliphatic carbocycles. The Balaban J connectivity index is 1.46. The third-order valence-electron chi connectivity index (χ3n) is 7.28. The van der Waals surface area contributed by atoms with Crippen LogP contribution < -0.4 is 10.6 Å². The molecule has 1 fully saturated rings. The van der Waals surface area contributed by atoms with Crippen molar-refractivity contribution in [3.8, 4) is 21.8 Å². The van der Waals surface area contributed by atoms with Gasteiger partial charge in [0.25, 0.3) is 0 Å². The van der Waals surface area contributed by atoms with Gasteiger partial charge in [-0.15, -0.1) is 11.3 Å². The molecule has 1 amide bonds. The number of aromatic carboxylic acids is 1. The van der Waals surface area contributed by atoms with Gasteiger partial charge >= 0.3 is 5.97 Å². The Hall–Kier alpha value is -3.58. The van der Waals surface area contributed by atoms with Crippen molar-refractivity contribution in [1.82, 2.24) is 0 Å². The van der Waals surface area contributed by atoms with Crippen LogP contribution in [0.25, 0.3) is 32.7 Å². The predicted octanol–water partition coefficient (Wildman–Crippen LogP) is 7.68. The highest BCUT2D eigenvalue weighted by atomic mass is 32.1. The summed E-state index contributed by atoms with van der Waals surface area (Å²) in [5.41, 5.74) is 9.65. The molecule has 2 heterocycles. The highest BCUT2D eigenvalue weighted by molar-refractivity contribution is 7.18. The van der Waals surface area contributed by atoms with Gasteiger partial charge in [-0.2, -0.15) is 0 Å². The summed E-state index contributed by atoms with van der Waals surface area (Å²) in [5, 5.41) is 11.0. The predicted molar refractivity (Wildman–Crippen MR) is 150 cm³/mol. The van der Waals surface area contributed by atoms with Crippen LogP contribution >= 0.6 is 11.3 Å². The molecule has 0 unspecified atom stereocenters. The molecule has 2 aromatic heterocycles. The van der Waals surface area contributed by atoms with Crippen LogP contribution in [0, 0.1) is 11.8 Å². The monoisotopic (exact) mass is 516 g/mol. The van der Waals surface area contributed by atoms with E-state index >= 15 is 0 Å². The van der Waals surface area contributed by atoms with Gasteiger partial charge in [-0.1, -0.05) is 31.2 Å². The van der Waals surface area contributed by atoms with Gasteiger partial charge in [-0.25, -0.2) is 4.79 Å². The first-order chi connectivity index (χ1) is 17.7. The Bertz CT molecular complexity index is 1440. The zero-order valence-electron chi connectivity index (χ0n) is 21.4. The van der Waals surface area contributed by atoms with Crippen LogP contribution in [0.4, 0.5) is 11.4 Å². The summed E-state index contributed by atoms with van der Waals surface area (Å²) < 4.78 is 5.98. The number of benzene rings is 2. The van der Waals surface area contributed by atoms with Gasteiger partial charge in [-0.3, -0.25) is 4.79 Å². The maximum atomic E-state index is 13.6. The van der Waals surface area contributed by atoms with Gasteiger partial charge in [0.1, 0.15) is 16.2 Å². The molecule has 37 heavy (non-hydrogen) atoms. The number of nitrogen functional groups attached to an aromatic ring is 1. The zero-order valence-corrected chi connectivity index (χ0v) is 22.2. The number of furan rings is 1.